The highest BCUT2D eigenvalue weighted by atomic mass is 32.1. The number of aromatic nitrogens is 2. The summed E-state index contributed by atoms with van der Waals surface area (Å²) in [5, 5.41) is 17.7. The smallest absolute Gasteiger partial charge is 0.445 e. The van der Waals surface area contributed by atoms with Crippen molar-refractivity contribution in [1.29, 1.82) is 0 Å². The van der Waals surface area contributed by atoms with E-state index in [-0.39, 0.29) is 24.6 Å². The second-order valence-corrected chi connectivity index (χ2v) is 6.09. The van der Waals surface area contributed by atoms with E-state index in [0.29, 0.717) is 0 Å². The number of quaternary nitrogens is 1. The molecule has 1 aliphatic rings. The van der Waals surface area contributed by atoms with Gasteiger partial charge in [-0.25, -0.2) is 9.69 Å². The fourth-order valence-electron chi connectivity index (χ4n) is 2.02. The van der Waals surface area contributed by atoms with Gasteiger partial charge in [0.15, 0.2) is 6.10 Å². The molecule has 3 atom stereocenters. The quantitative estimate of drug-likeness (QED) is 0.455. The second kappa shape index (κ2) is 6.28. The maximum absolute atomic E-state index is 13.0. The number of alkyl halides is 3. The lowest BCUT2D eigenvalue weighted by atomic mass is 10.4. The minimum Gasteiger partial charge on any atom is -0.622 e. The summed E-state index contributed by atoms with van der Waals surface area (Å²) in [5.74, 6) is -0.772. The van der Waals surface area contributed by atoms with Gasteiger partial charge in [-0.1, -0.05) is 5.10 Å². The number of likely N-dealkylation sites (N-methyl/N-ethyl adjacent to an activating group) is 1. The predicted molar refractivity (Wildman–Crippen MR) is 73.9 cm³/mol. The van der Waals surface area contributed by atoms with Crippen molar-refractivity contribution in [3.63, 3.8) is 0 Å². The molecule has 0 saturated carbocycles. The second-order valence-electron chi connectivity index (χ2n) is 5.13. The molecule has 0 aromatic carbocycles. The van der Waals surface area contributed by atoms with Gasteiger partial charge in [-0.05, 0) is 25.3 Å². The van der Waals surface area contributed by atoms with Crippen LogP contribution < -0.4 is 4.65 Å². The van der Waals surface area contributed by atoms with Gasteiger partial charge in [0.25, 0.3) is 6.23 Å². The highest BCUT2D eigenvalue weighted by molar-refractivity contribution is 7.15. The summed E-state index contributed by atoms with van der Waals surface area (Å²) in [7, 11) is 2.89. The highest BCUT2D eigenvalue weighted by Crippen LogP contribution is 2.39. The molecule has 0 aliphatic carbocycles. The van der Waals surface area contributed by atoms with Crippen LogP contribution in [0.15, 0.2) is 0 Å². The molecule has 130 valence electrons. The summed E-state index contributed by atoms with van der Waals surface area (Å²) in [5.41, 5.74) is 0. The lowest BCUT2D eigenvalue weighted by molar-refractivity contribution is -0.164. The Hall–Kier alpha value is -1.34. The fourth-order valence-corrected chi connectivity index (χ4v) is 2.80. The lowest BCUT2D eigenvalue weighted by Crippen LogP contribution is -2.51. The number of hydrogen-bond donors (Lipinski definition) is 0. The topological polar surface area (TPSA) is 87.6 Å². The zero-order valence-electron chi connectivity index (χ0n) is 12.5. The molecule has 1 saturated heterocycles. The van der Waals surface area contributed by atoms with Crippen molar-refractivity contribution in [2.75, 3.05) is 27.4 Å². The molecule has 1 aromatic rings. The number of esters is 1. The first-order valence-electron chi connectivity index (χ1n) is 6.49. The van der Waals surface area contributed by atoms with E-state index < -0.39 is 39.3 Å². The van der Waals surface area contributed by atoms with Gasteiger partial charge in [-0.15, -0.1) is 5.10 Å². The molecule has 1 fully saturated rings. The molecule has 2 rings (SSSR count). The Morgan fingerprint density at radius 3 is 2.70 bits per heavy atom. The average molecular weight is 356 g/mol. The van der Waals surface area contributed by atoms with Crippen molar-refractivity contribution in [2.24, 2.45) is 0 Å². The maximum atomic E-state index is 13.0. The highest BCUT2D eigenvalue weighted by Gasteiger charge is 2.47. The number of carbonyl (C=O) groups is 1. The standard InChI is InChI=1S/C11H15F3N4O4S/c1-6(21-3)8(19)22-7-4-17(2)5-18(7,20)10-16-15-9(23-10)11(12,13)14/h6-7H,4-5H2,1-3H3. The molecule has 23 heavy (non-hydrogen) atoms. The summed E-state index contributed by atoms with van der Waals surface area (Å²) in [6.45, 7) is 1.30. The van der Waals surface area contributed by atoms with Crippen LogP contribution in [0.5, 0.6) is 0 Å². The van der Waals surface area contributed by atoms with E-state index in [1.165, 1.54) is 18.9 Å². The van der Waals surface area contributed by atoms with Gasteiger partial charge in [-0.3, -0.25) is 4.65 Å². The van der Waals surface area contributed by atoms with Gasteiger partial charge in [0.2, 0.25) is 5.01 Å². The van der Waals surface area contributed by atoms with Gasteiger partial charge in [0, 0.05) is 7.11 Å². The molecule has 12 heteroatoms. The molecule has 1 aromatic heterocycles. The first kappa shape index (κ1) is 18.0. The SMILES string of the molecule is COC(C)C(=O)OC1CN(C)C[N+]1([O-])c1nnc(C(F)(F)F)s1. The van der Waals surface area contributed by atoms with E-state index in [9.17, 15) is 23.2 Å². The van der Waals surface area contributed by atoms with Crippen molar-refractivity contribution < 1.29 is 27.4 Å². The molecule has 0 bridgehead atoms. The van der Waals surface area contributed by atoms with E-state index in [2.05, 4.69) is 10.2 Å². The van der Waals surface area contributed by atoms with Gasteiger partial charge >= 0.3 is 17.3 Å². The minimum atomic E-state index is -4.68. The van der Waals surface area contributed by atoms with Crippen LogP contribution in [0.25, 0.3) is 0 Å². The van der Waals surface area contributed by atoms with E-state index in [4.69, 9.17) is 9.47 Å². The number of nitrogens with zero attached hydrogens (tertiary/aromatic N) is 4. The number of methoxy groups -OCH3 is 1. The molecule has 0 N–H and O–H groups in total. The van der Waals surface area contributed by atoms with Crippen molar-refractivity contribution in [3.8, 4) is 0 Å². The number of carbonyl (C=O) groups excluding carboxylic acids is 1. The monoisotopic (exact) mass is 356 g/mol. The first-order valence-corrected chi connectivity index (χ1v) is 7.31. The van der Waals surface area contributed by atoms with Crippen LogP contribution in [0.2, 0.25) is 0 Å². The molecule has 0 amide bonds. The Morgan fingerprint density at radius 1 is 1.52 bits per heavy atom. The van der Waals surface area contributed by atoms with Crippen molar-refractivity contribution in [3.05, 3.63) is 10.2 Å². The summed E-state index contributed by atoms with van der Waals surface area (Å²) in [6.07, 6.45) is -6.81. The Bertz CT molecular complexity index is 584. The summed E-state index contributed by atoms with van der Waals surface area (Å²) in [6, 6.07) is 0. The molecule has 8 nitrogen and oxygen atoms in total. The number of hydrogen-bond acceptors (Lipinski definition) is 8. The van der Waals surface area contributed by atoms with Crippen LogP contribution in [0.4, 0.5) is 18.3 Å². The van der Waals surface area contributed by atoms with Crippen molar-refractivity contribution >= 4 is 22.4 Å². The first-order chi connectivity index (χ1) is 10.6. The van der Waals surface area contributed by atoms with Crippen LogP contribution >= 0.6 is 11.3 Å². The van der Waals surface area contributed by atoms with Crippen LogP contribution in [-0.4, -0.2) is 60.8 Å². The molecule has 3 unspecified atom stereocenters. The number of hydroxylamine groups is 2. The normalized spacial score (nSPS) is 27.2. The Morgan fingerprint density at radius 2 is 2.17 bits per heavy atom. The van der Waals surface area contributed by atoms with Gasteiger partial charge in [-0.2, -0.15) is 13.2 Å². The van der Waals surface area contributed by atoms with Crippen LogP contribution in [0.1, 0.15) is 11.9 Å². The molecule has 1 aliphatic heterocycles. The zero-order chi connectivity index (χ0) is 17.4. The molecule has 0 spiro atoms. The van der Waals surface area contributed by atoms with E-state index >= 15 is 0 Å². The van der Waals surface area contributed by atoms with Gasteiger partial charge < -0.3 is 14.7 Å². The van der Waals surface area contributed by atoms with Crippen LogP contribution in [0.3, 0.4) is 0 Å². The van der Waals surface area contributed by atoms with Crippen molar-refractivity contribution in [1.82, 2.24) is 19.7 Å². The van der Waals surface area contributed by atoms with E-state index in [0.717, 1.165) is 0 Å². The third kappa shape index (κ3) is 3.61. The maximum Gasteiger partial charge on any atom is 0.445 e. The third-order valence-electron chi connectivity index (χ3n) is 3.30. The Kier molecular flexibility index (Phi) is 4.92. The van der Waals surface area contributed by atoms with Crippen molar-refractivity contribution in [2.45, 2.75) is 25.4 Å². The van der Waals surface area contributed by atoms with Crippen LogP contribution in [0, 0.1) is 5.21 Å². The third-order valence-corrected chi connectivity index (χ3v) is 4.38. The van der Waals surface area contributed by atoms with Gasteiger partial charge in [0.1, 0.15) is 6.67 Å². The molecular formula is C11H15F3N4O4S. The summed E-state index contributed by atoms with van der Waals surface area (Å²) < 4.78 is 46.5. The summed E-state index contributed by atoms with van der Waals surface area (Å²) >= 11 is 0.146. The number of ether oxygens (including phenoxy) is 2. The minimum absolute atomic E-state index is 0.0621. The zero-order valence-corrected chi connectivity index (χ0v) is 13.3. The Balaban J connectivity index is 2.26. The fraction of sp³-hybridized carbons (Fsp3) is 0.727. The predicted octanol–water partition coefficient (Wildman–Crippen LogP) is 1.17. The molecule has 0 radical (unpaired) electrons. The van der Waals surface area contributed by atoms with E-state index in [1.807, 2.05) is 0 Å². The number of halogens is 3. The van der Waals surface area contributed by atoms with Gasteiger partial charge in [0.05, 0.1) is 6.54 Å². The molecule has 2 heterocycles. The average Bonchev–Trinajstić information content (AvgIpc) is 3.04. The molecular weight excluding hydrogens is 341 g/mol. The van der Waals surface area contributed by atoms with Crippen LogP contribution in [-0.2, 0) is 20.4 Å². The number of rotatable bonds is 4. The largest absolute Gasteiger partial charge is 0.622 e. The van der Waals surface area contributed by atoms with E-state index in [1.54, 1.807) is 7.05 Å². The Labute approximate surface area is 133 Å². The summed E-state index contributed by atoms with van der Waals surface area (Å²) in [4.78, 5) is 13.3. The lowest BCUT2D eigenvalue weighted by Gasteiger charge is -2.38.